The van der Waals surface area contributed by atoms with Crippen molar-refractivity contribution in [1.82, 2.24) is 0 Å². The fraction of sp³-hybridized carbons (Fsp3) is 0.184. The standard InChI is InChI=1S/C38H29F8NO3/c39-30-16-12-24(13-17-30)35(48)32(26-8-4-10-28(20-26)37(41,42)43)34(47-50-22-23-6-2-1-3-7-23)33(36(49)25-14-18-31(40)19-15-25)27-9-5-11-29(21-27)38(44,45)46/h1-21,32-33,35-36,48-49H,22H2. The van der Waals surface area contributed by atoms with E-state index in [0.717, 1.165) is 60.7 Å². The van der Waals surface area contributed by atoms with Gasteiger partial charge in [-0.2, -0.15) is 26.3 Å². The predicted octanol–water partition coefficient (Wildman–Crippen LogP) is 9.91. The average Bonchev–Trinajstić information content (AvgIpc) is 3.09. The molecule has 2 N–H and O–H groups in total. The van der Waals surface area contributed by atoms with Gasteiger partial charge in [0.05, 0.1) is 40.9 Å². The number of nitrogens with zero attached hydrogens (tertiary/aromatic N) is 1. The molecule has 0 spiro atoms. The summed E-state index contributed by atoms with van der Waals surface area (Å²) in [5, 5.41) is 28.1. The maximum atomic E-state index is 14.0. The first-order chi connectivity index (χ1) is 23.7. The number of oxime groups is 1. The molecule has 0 radical (unpaired) electrons. The Morgan fingerprint density at radius 3 is 1.36 bits per heavy atom. The molecule has 4 atom stereocenters. The smallest absolute Gasteiger partial charge is 0.391 e. The van der Waals surface area contributed by atoms with Gasteiger partial charge in [-0.3, -0.25) is 0 Å². The van der Waals surface area contributed by atoms with E-state index < -0.39 is 59.2 Å². The fourth-order valence-corrected chi connectivity index (χ4v) is 5.61. The van der Waals surface area contributed by atoms with E-state index in [1.165, 1.54) is 36.4 Å². The number of hydrogen-bond donors (Lipinski definition) is 2. The molecule has 50 heavy (non-hydrogen) atoms. The zero-order valence-corrected chi connectivity index (χ0v) is 25.9. The van der Waals surface area contributed by atoms with E-state index in [2.05, 4.69) is 5.16 Å². The molecule has 0 heterocycles. The average molecular weight is 700 g/mol. The molecule has 4 unspecified atom stereocenters. The summed E-state index contributed by atoms with van der Waals surface area (Å²) in [7, 11) is 0. The number of rotatable bonds is 11. The van der Waals surface area contributed by atoms with Crippen molar-refractivity contribution in [3.63, 3.8) is 0 Å². The molecule has 260 valence electrons. The highest BCUT2D eigenvalue weighted by atomic mass is 19.4. The molecule has 0 amide bonds. The lowest BCUT2D eigenvalue weighted by Crippen LogP contribution is -2.31. The zero-order valence-electron chi connectivity index (χ0n) is 25.9. The third-order valence-corrected chi connectivity index (χ3v) is 8.08. The van der Waals surface area contributed by atoms with E-state index in [9.17, 15) is 45.3 Å². The van der Waals surface area contributed by atoms with Crippen molar-refractivity contribution < 1.29 is 50.2 Å². The fourth-order valence-electron chi connectivity index (χ4n) is 5.61. The maximum absolute atomic E-state index is 14.0. The van der Waals surface area contributed by atoms with Gasteiger partial charge in [-0.05, 0) is 64.2 Å². The molecule has 0 saturated heterocycles. The lowest BCUT2D eigenvalue weighted by molar-refractivity contribution is -0.138. The Labute approximate surface area is 281 Å². The molecule has 0 fully saturated rings. The third kappa shape index (κ3) is 8.74. The van der Waals surface area contributed by atoms with Gasteiger partial charge in [0.25, 0.3) is 0 Å². The lowest BCUT2D eigenvalue weighted by Gasteiger charge is -2.33. The van der Waals surface area contributed by atoms with Crippen LogP contribution in [-0.2, 0) is 23.8 Å². The molecule has 0 aliphatic rings. The molecular weight excluding hydrogens is 670 g/mol. The molecular formula is C38H29F8NO3. The maximum Gasteiger partial charge on any atom is 0.416 e. The predicted molar refractivity (Wildman–Crippen MR) is 170 cm³/mol. The second-order valence-corrected chi connectivity index (χ2v) is 11.5. The Bertz CT molecular complexity index is 1780. The SMILES string of the molecule is OC(c1ccc(F)cc1)C(C(=NOCc1ccccc1)C(c1cccc(C(F)(F)F)c1)C(O)c1ccc(F)cc1)c1cccc(C(F)(F)F)c1. The molecule has 0 saturated carbocycles. The molecule has 5 aromatic carbocycles. The largest absolute Gasteiger partial charge is 0.416 e. The summed E-state index contributed by atoms with van der Waals surface area (Å²) in [6.45, 7) is -0.214. The number of halogens is 8. The van der Waals surface area contributed by atoms with E-state index in [4.69, 9.17) is 4.84 Å². The van der Waals surface area contributed by atoms with Crippen LogP contribution in [0, 0.1) is 11.6 Å². The number of hydrogen-bond acceptors (Lipinski definition) is 4. The summed E-state index contributed by atoms with van der Waals surface area (Å²) < 4.78 is 112. The van der Waals surface area contributed by atoms with Crippen LogP contribution in [0.4, 0.5) is 35.1 Å². The van der Waals surface area contributed by atoms with Gasteiger partial charge in [0.1, 0.15) is 18.2 Å². The monoisotopic (exact) mass is 699 g/mol. The zero-order chi connectivity index (χ0) is 36.1. The van der Waals surface area contributed by atoms with Gasteiger partial charge in [-0.1, -0.05) is 96.2 Å². The van der Waals surface area contributed by atoms with Crippen molar-refractivity contribution in [3.05, 3.63) is 178 Å². The third-order valence-electron chi connectivity index (χ3n) is 8.08. The van der Waals surface area contributed by atoms with E-state index in [0.29, 0.717) is 5.56 Å². The van der Waals surface area contributed by atoms with Crippen LogP contribution in [0.3, 0.4) is 0 Å². The summed E-state index contributed by atoms with van der Waals surface area (Å²) in [6, 6.07) is 25.1. The summed E-state index contributed by atoms with van der Waals surface area (Å²) in [5.41, 5.74) is -2.33. The second-order valence-electron chi connectivity index (χ2n) is 11.5. The first kappa shape index (κ1) is 36.2. The Hall–Kier alpha value is -5.07. The van der Waals surface area contributed by atoms with Crippen LogP contribution >= 0.6 is 0 Å². The van der Waals surface area contributed by atoms with E-state index in [1.807, 2.05) is 0 Å². The van der Waals surface area contributed by atoms with Gasteiger partial charge >= 0.3 is 12.4 Å². The van der Waals surface area contributed by atoms with E-state index in [-0.39, 0.29) is 34.6 Å². The minimum atomic E-state index is -4.84. The minimum absolute atomic E-state index is 0.0173. The van der Waals surface area contributed by atoms with Crippen LogP contribution in [0.2, 0.25) is 0 Å². The summed E-state index contributed by atoms with van der Waals surface area (Å²) in [6.07, 6.45) is -13.3. The highest BCUT2D eigenvalue weighted by Crippen LogP contribution is 2.44. The highest BCUT2D eigenvalue weighted by molar-refractivity contribution is 5.97. The molecule has 0 bridgehead atoms. The van der Waals surface area contributed by atoms with E-state index >= 15 is 0 Å². The number of benzene rings is 5. The van der Waals surface area contributed by atoms with Gasteiger partial charge in [0.15, 0.2) is 0 Å². The Morgan fingerprint density at radius 1 is 0.540 bits per heavy atom. The Kier molecular flexibility index (Phi) is 11.0. The number of aliphatic hydroxyl groups excluding tert-OH is 2. The van der Waals surface area contributed by atoms with Crippen LogP contribution in [0.1, 0.15) is 63.0 Å². The molecule has 12 heteroatoms. The summed E-state index contributed by atoms with van der Waals surface area (Å²) in [4.78, 5) is 5.69. The van der Waals surface area contributed by atoms with Crippen LogP contribution in [0.15, 0.2) is 133 Å². The summed E-state index contributed by atoms with van der Waals surface area (Å²) in [5.74, 6) is -4.61. The van der Waals surface area contributed by atoms with Crippen molar-refractivity contribution in [1.29, 1.82) is 0 Å². The van der Waals surface area contributed by atoms with Crippen LogP contribution in [0.25, 0.3) is 0 Å². The van der Waals surface area contributed by atoms with Crippen LogP contribution in [0.5, 0.6) is 0 Å². The lowest BCUT2D eigenvalue weighted by atomic mass is 9.74. The van der Waals surface area contributed by atoms with Gasteiger partial charge in [0, 0.05) is 0 Å². The minimum Gasteiger partial charge on any atom is -0.391 e. The molecule has 0 aromatic heterocycles. The normalized spacial score (nSPS) is 14.4. The second kappa shape index (κ2) is 15.2. The van der Waals surface area contributed by atoms with Gasteiger partial charge in [-0.15, -0.1) is 0 Å². The van der Waals surface area contributed by atoms with Crippen molar-refractivity contribution in [3.8, 4) is 0 Å². The van der Waals surface area contributed by atoms with Crippen molar-refractivity contribution in [2.45, 2.75) is 43.0 Å². The van der Waals surface area contributed by atoms with Crippen molar-refractivity contribution >= 4 is 5.71 Å². The molecule has 4 nitrogen and oxygen atoms in total. The van der Waals surface area contributed by atoms with E-state index in [1.54, 1.807) is 30.3 Å². The highest BCUT2D eigenvalue weighted by Gasteiger charge is 2.41. The van der Waals surface area contributed by atoms with Crippen LogP contribution < -0.4 is 0 Å². The van der Waals surface area contributed by atoms with Crippen LogP contribution in [-0.4, -0.2) is 15.9 Å². The van der Waals surface area contributed by atoms with Crippen molar-refractivity contribution in [2.24, 2.45) is 5.16 Å². The van der Waals surface area contributed by atoms with Gasteiger partial charge in [-0.25, -0.2) is 8.78 Å². The molecule has 5 rings (SSSR count). The first-order valence-electron chi connectivity index (χ1n) is 15.2. The topological polar surface area (TPSA) is 62.1 Å². The first-order valence-corrected chi connectivity index (χ1v) is 15.2. The Balaban J connectivity index is 1.79. The van der Waals surface area contributed by atoms with Crippen molar-refractivity contribution in [2.75, 3.05) is 0 Å². The number of alkyl halides is 6. The summed E-state index contributed by atoms with van der Waals surface area (Å²) >= 11 is 0. The van der Waals surface area contributed by atoms with Gasteiger partial charge < -0.3 is 15.1 Å². The molecule has 5 aromatic rings. The molecule has 0 aliphatic heterocycles. The molecule has 0 aliphatic carbocycles. The Morgan fingerprint density at radius 2 is 0.960 bits per heavy atom. The quantitative estimate of drug-likeness (QED) is 0.0820. The van der Waals surface area contributed by atoms with Gasteiger partial charge in [0.2, 0.25) is 0 Å². The number of aliphatic hydroxyl groups is 2.